The first-order valence-corrected chi connectivity index (χ1v) is 9.57. The number of halogens is 1. The summed E-state index contributed by atoms with van der Waals surface area (Å²) in [6, 6.07) is 15.3. The zero-order chi connectivity index (χ0) is 20.3. The minimum Gasteiger partial charge on any atom is -0.324 e. The number of amides is 1. The molecule has 0 bridgehead atoms. The van der Waals surface area contributed by atoms with Crippen LogP contribution >= 0.6 is 23.8 Å². The van der Waals surface area contributed by atoms with E-state index in [1.54, 1.807) is 16.8 Å². The van der Waals surface area contributed by atoms with Crippen molar-refractivity contribution < 1.29 is 4.79 Å². The van der Waals surface area contributed by atoms with Crippen molar-refractivity contribution in [1.82, 2.24) is 19.2 Å². The van der Waals surface area contributed by atoms with Gasteiger partial charge < -0.3 is 9.88 Å². The molecule has 0 saturated carbocycles. The Labute approximate surface area is 174 Å². The van der Waals surface area contributed by atoms with Gasteiger partial charge in [0.15, 0.2) is 10.6 Å². The van der Waals surface area contributed by atoms with Crippen molar-refractivity contribution in [2.24, 2.45) is 7.05 Å². The van der Waals surface area contributed by atoms with Gasteiger partial charge in [0.1, 0.15) is 0 Å². The molecule has 3 rings (SSSR count). The lowest BCUT2D eigenvalue weighted by Crippen LogP contribution is -2.32. The van der Waals surface area contributed by atoms with Crippen LogP contribution < -0.4 is 5.32 Å². The Morgan fingerprint density at radius 1 is 1.21 bits per heavy atom. The largest absolute Gasteiger partial charge is 0.324 e. The van der Waals surface area contributed by atoms with E-state index >= 15 is 0 Å². The van der Waals surface area contributed by atoms with E-state index in [1.165, 1.54) is 5.56 Å². The summed E-state index contributed by atoms with van der Waals surface area (Å²) in [5.74, 6) is 0.635. The first-order chi connectivity index (χ1) is 13.3. The van der Waals surface area contributed by atoms with Crippen molar-refractivity contribution in [3.05, 3.63) is 63.9 Å². The highest BCUT2D eigenvalue weighted by atomic mass is 35.5. The predicted molar refractivity (Wildman–Crippen MR) is 115 cm³/mol. The van der Waals surface area contributed by atoms with Crippen molar-refractivity contribution in [2.75, 3.05) is 18.9 Å². The van der Waals surface area contributed by atoms with E-state index in [4.69, 9.17) is 23.8 Å². The Hall–Kier alpha value is -2.48. The number of carbonyl (C=O) groups excluding carboxylic acids is 1. The molecule has 6 nitrogen and oxygen atoms in total. The number of carbonyl (C=O) groups is 1. The molecular weight excluding hydrogens is 394 g/mol. The van der Waals surface area contributed by atoms with Crippen molar-refractivity contribution in [2.45, 2.75) is 13.6 Å². The Bertz CT molecular complexity index is 1040. The van der Waals surface area contributed by atoms with Gasteiger partial charge in [0.2, 0.25) is 5.91 Å². The first-order valence-electron chi connectivity index (χ1n) is 8.79. The van der Waals surface area contributed by atoms with E-state index in [0.717, 1.165) is 11.4 Å². The van der Waals surface area contributed by atoms with Gasteiger partial charge >= 0.3 is 0 Å². The zero-order valence-electron chi connectivity index (χ0n) is 16.0. The summed E-state index contributed by atoms with van der Waals surface area (Å²) in [5, 5.41) is 7.96. The van der Waals surface area contributed by atoms with Gasteiger partial charge in [-0.15, -0.1) is 0 Å². The van der Waals surface area contributed by atoms with Gasteiger partial charge in [-0.2, -0.15) is 5.10 Å². The summed E-state index contributed by atoms with van der Waals surface area (Å²) in [6.45, 7) is 2.63. The Kier molecular flexibility index (Phi) is 6.28. The molecule has 28 heavy (non-hydrogen) atoms. The van der Waals surface area contributed by atoms with E-state index in [-0.39, 0.29) is 12.5 Å². The number of nitrogens with zero attached hydrogens (tertiary/aromatic N) is 4. The number of aromatic nitrogens is 3. The normalized spacial score (nSPS) is 11.0. The van der Waals surface area contributed by atoms with Crippen LogP contribution in [0.15, 0.2) is 48.5 Å². The van der Waals surface area contributed by atoms with Crippen LogP contribution in [0, 0.1) is 11.7 Å². The molecule has 3 aromatic rings. The highest BCUT2D eigenvalue weighted by molar-refractivity contribution is 7.71. The smallest absolute Gasteiger partial charge is 0.238 e. The molecule has 0 unspecified atom stereocenters. The minimum absolute atomic E-state index is 0.156. The van der Waals surface area contributed by atoms with Gasteiger partial charge in [-0.25, -0.2) is 4.68 Å². The first kappa shape index (κ1) is 20.3. The summed E-state index contributed by atoms with van der Waals surface area (Å²) < 4.78 is 4.18. The lowest BCUT2D eigenvalue weighted by atomic mass is 10.1. The number of benzene rings is 2. The second-order valence-corrected chi connectivity index (χ2v) is 7.49. The van der Waals surface area contributed by atoms with Gasteiger partial charge in [0.25, 0.3) is 0 Å². The maximum absolute atomic E-state index is 12.3. The lowest BCUT2D eigenvalue weighted by molar-refractivity contribution is -0.117. The van der Waals surface area contributed by atoms with Crippen LogP contribution in [0.2, 0.25) is 5.02 Å². The van der Waals surface area contributed by atoms with Crippen LogP contribution in [0.1, 0.15) is 5.56 Å². The molecule has 146 valence electrons. The predicted octanol–water partition coefficient (Wildman–Crippen LogP) is 4.11. The van der Waals surface area contributed by atoms with Crippen LogP contribution in [-0.2, 0) is 18.5 Å². The van der Waals surface area contributed by atoms with Gasteiger partial charge in [-0.3, -0.25) is 9.69 Å². The molecule has 1 aromatic heterocycles. The maximum atomic E-state index is 12.3. The Morgan fingerprint density at radius 2 is 1.89 bits per heavy atom. The highest BCUT2D eigenvalue weighted by Crippen LogP contribution is 2.20. The summed E-state index contributed by atoms with van der Waals surface area (Å²) in [5.41, 5.74) is 2.78. The van der Waals surface area contributed by atoms with E-state index in [9.17, 15) is 4.79 Å². The monoisotopic (exact) mass is 415 g/mol. The van der Waals surface area contributed by atoms with Crippen molar-refractivity contribution in [1.29, 1.82) is 0 Å². The fourth-order valence-electron chi connectivity index (χ4n) is 2.81. The molecule has 0 radical (unpaired) electrons. The summed E-state index contributed by atoms with van der Waals surface area (Å²) >= 11 is 11.6. The van der Waals surface area contributed by atoms with Gasteiger partial charge in [0.05, 0.1) is 23.9 Å². The minimum atomic E-state index is -0.156. The molecule has 0 aliphatic carbocycles. The molecule has 1 N–H and O–H groups in total. The third kappa shape index (κ3) is 4.67. The number of hydrogen-bond donors (Lipinski definition) is 1. The lowest BCUT2D eigenvalue weighted by Gasteiger charge is -2.16. The topological polar surface area (TPSA) is 55.1 Å². The standard InChI is InChI=1S/C20H22ClN5OS/c1-14-8-10-15(11-9-14)19-23-26(20(28)25(19)3)13-24(2)12-18(27)22-17-7-5-4-6-16(17)21/h4-11H,12-13H2,1-3H3,(H,22,27). The van der Waals surface area contributed by atoms with Crippen LogP contribution in [0.5, 0.6) is 0 Å². The number of para-hydroxylation sites is 1. The molecule has 2 aromatic carbocycles. The number of likely N-dealkylation sites (N-methyl/N-ethyl adjacent to an activating group) is 1. The molecular formula is C20H22ClN5OS. The van der Waals surface area contributed by atoms with Crippen LogP contribution in [0.25, 0.3) is 11.4 Å². The number of rotatable bonds is 6. The highest BCUT2D eigenvalue weighted by Gasteiger charge is 2.13. The molecule has 8 heteroatoms. The van der Waals surface area contributed by atoms with E-state index < -0.39 is 0 Å². The molecule has 0 spiro atoms. The summed E-state index contributed by atoms with van der Waals surface area (Å²) in [4.78, 5) is 14.1. The SMILES string of the molecule is Cc1ccc(-c2nn(CN(C)CC(=O)Nc3ccccc3Cl)c(=S)n2C)cc1. The summed E-state index contributed by atoms with van der Waals surface area (Å²) in [6.07, 6.45) is 0. The van der Waals surface area contributed by atoms with Crippen LogP contribution in [0.4, 0.5) is 5.69 Å². The van der Waals surface area contributed by atoms with E-state index in [0.29, 0.717) is 22.1 Å². The van der Waals surface area contributed by atoms with E-state index in [1.807, 2.05) is 66.9 Å². The van der Waals surface area contributed by atoms with Crippen molar-refractivity contribution in [3.8, 4) is 11.4 Å². The number of anilines is 1. The molecule has 0 aliphatic rings. The quantitative estimate of drug-likeness (QED) is 0.615. The maximum Gasteiger partial charge on any atom is 0.238 e. The molecule has 0 atom stereocenters. The Morgan fingerprint density at radius 3 is 2.57 bits per heavy atom. The van der Waals surface area contributed by atoms with Gasteiger partial charge in [0, 0.05) is 12.6 Å². The summed E-state index contributed by atoms with van der Waals surface area (Å²) in [7, 11) is 3.74. The second kappa shape index (κ2) is 8.68. The average Bonchev–Trinajstić information content (AvgIpc) is 2.92. The van der Waals surface area contributed by atoms with Crippen LogP contribution in [-0.4, -0.2) is 38.7 Å². The second-order valence-electron chi connectivity index (χ2n) is 6.71. The van der Waals surface area contributed by atoms with Crippen molar-refractivity contribution >= 4 is 35.4 Å². The molecule has 1 heterocycles. The van der Waals surface area contributed by atoms with Gasteiger partial charge in [-0.1, -0.05) is 53.6 Å². The third-order valence-corrected chi connectivity index (χ3v) is 5.10. The fraction of sp³-hybridized carbons (Fsp3) is 0.250. The van der Waals surface area contributed by atoms with Crippen molar-refractivity contribution in [3.63, 3.8) is 0 Å². The zero-order valence-corrected chi connectivity index (χ0v) is 17.6. The van der Waals surface area contributed by atoms with Gasteiger partial charge in [-0.05, 0) is 38.3 Å². The van der Waals surface area contributed by atoms with Crippen LogP contribution in [0.3, 0.4) is 0 Å². The fourth-order valence-corrected chi connectivity index (χ4v) is 3.18. The molecule has 0 saturated heterocycles. The number of aryl methyl sites for hydroxylation is 1. The third-order valence-electron chi connectivity index (χ3n) is 4.29. The number of nitrogens with one attached hydrogen (secondary N) is 1. The number of hydrogen-bond acceptors (Lipinski definition) is 4. The van der Waals surface area contributed by atoms with E-state index in [2.05, 4.69) is 10.4 Å². The molecule has 0 aliphatic heterocycles. The Balaban J connectivity index is 1.69. The molecule has 0 fully saturated rings. The average molecular weight is 416 g/mol. The molecule has 1 amide bonds.